The molecule has 0 aromatic carbocycles. The van der Waals surface area contributed by atoms with E-state index in [4.69, 9.17) is 4.74 Å². The predicted molar refractivity (Wildman–Crippen MR) is 77.4 cm³/mol. The molecular weight excluding hydrogens is 264 g/mol. The van der Waals surface area contributed by atoms with E-state index in [9.17, 15) is 8.42 Å². The minimum Gasteiger partial charge on any atom is -0.473 e. The SMILES string of the molecule is CCCS(=O)(=O)CCNc1cccnc1OC(C)C. The topological polar surface area (TPSA) is 68.3 Å². The molecule has 0 amide bonds. The van der Waals surface area contributed by atoms with E-state index in [1.807, 2.05) is 26.8 Å². The predicted octanol–water partition coefficient (Wildman–Crippen LogP) is 2.11. The molecule has 1 aromatic heterocycles. The fourth-order valence-electron chi connectivity index (χ4n) is 1.60. The molecule has 0 unspecified atom stereocenters. The van der Waals surface area contributed by atoms with E-state index in [0.717, 1.165) is 5.69 Å². The van der Waals surface area contributed by atoms with E-state index in [2.05, 4.69) is 10.3 Å². The lowest BCUT2D eigenvalue weighted by Gasteiger charge is -2.14. The molecule has 1 rings (SSSR count). The second-order valence-electron chi connectivity index (χ2n) is 4.60. The number of anilines is 1. The molecule has 0 aliphatic rings. The Morgan fingerprint density at radius 1 is 1.37 bits per heavy atom. The number of aromatic nitrogens is 1. The Morgan fingerprint density at radius 3 is 2.74 bits per heavy atom. The lowest BCUT2D eigenvalue weighted by Crippen LogP contribution is -2.19. The molecule has 6 heteroatoms. The number of rotatable bonds is 8. The summed E-state index contributed by atoms with van der Waals surface area (Å²) in [6.07, 6.45) is 2.33. The molecule has 0 aliphatic carbocycles. The summed E-state index contributed by atoms with van der Waals surface area (Å²) >= 11 is 0. The molecule has 1 aromatic rings. The summed E-state index contributed by atoms with van der Waals surface area (Å²) in [5.74, 6) is 0.860. The van der Waals surface area contributed by atoms with Crippen molar-refractivity contribution in [3.8, 4) is 5.88 Å². The number of hydrogen-bond donors (Lipinski definition) is 1. The number of nitrogens with one attached hydrogen (secondary N) is 1. The molecule has 1 heterocycles. The molecule has 108 valence electrons. The molecule has 0 radical (unpaired) electrons. The Morgan fingerprint density at radius 2 is 2.11 bits per heavy atom. The van der Waals surface area contributed by atoms with E-state index < -0.39 is 9.84 Å². The van der Waals surface area contributed by atoms with Gasteiger partial charge in [-0.1, -0.05) is 6.92 Å². The summed E-state index contributed by atoms with van der Waals surface area (Å²) < 4.78 is 28.7. The maximum absolute atomic E-state index is 11.6. The molecule has 0 aliphatic heterocycles. The Balaban J connectivity index is 2.58. The van der Waals surface area contributed by atoms with Crippen LogP contribution in [0.1, 0.15) is 27.2 Å². The van der Waals surface area contributed by atoms with Crippen LogP contribution in [0.3, 0.4) is 0 Å². The van der Waals surface area contributed by atoms with Crippen molar-refractivity contribution in [1.29, 1.82) is 0 Å². The van der Waals surface area contributed by atoms with Gasteiger partial charge in [-0.05, 0) is 32.4 Å². The molecule has 0 fully saturated rings. The zero-order valence-corrected chi connectivity index (χ0v) is 12.5. The first-order valence-electron chi connectivity index (χ1n) is 6.50. The Labute approximate surface area is 115 Å². The van der Waals surface area contributed by atoms with Crippen LogP contribution in [0.5, 0.6) is 5.88 Å². The van der Waals surface area contributed by atoms with Crippen LogP contribution in [0.15, 0.2) is 18.3 Å². The van der Waals surface area contributed by atoms with Crippen LogP contribution >= 0.6 is 0 Å². The smallest absolute Gasteiger partial charge is 0.237 e. The van der Waals surface area contributed by atoms with E-state index in [1.54, 1.807) is 12.3 Å². The standard InChI is InChI=1S/C13H22N2O3S/c1-4-9-19(16,17)10-8-14-12-6-5-7-15-13(12)18-11(2)3/h5-7,11,14H,4,8-10H2,1-3H3. The molecule has 0 atom stereocenters. The fraction of sp³-hybridized carbons (Fsp3) is 0.615. The van der Waals surface area contributed by atoms with Gasteiger partial charge in [0.05, 0.1) is 17.5 Å². The van der Waals surface area contributed by atoms with E-state index >= 15 is 0 Å². The molecule has 0 spiro atoms. The summed E-state index contributed by atoms with van der Waals surface area (Å²) in [6, 6.07) is 3.62. The quantitative estimate of drug-likeness (QED) is 0.792. The van der Waals surface area contributed by atoms with Gasteiger partial charge in [0.1, 0.15) is 0 Å². The fourth-order valence-corrected chi connectivity index (χ4v) is 2.84. The van der Waals surface area contributed by atoms with Gasteiger partial charge in [0, 0.05) is 18.5 Å². The Kier molecular flexibility index (Phi) is 6.08. The highest BCUT2D eigenvalue weighted by Crippen LogP contribution is 2.21. The third kappa shape index (κ3) is 5.92. The van der Waals surface area contributed by atoms with Gasteiger partial charge in [-0.2, -0.15) is 0 Å². The highest BCUT2D eigenvalue weighted by molar-refractivity contribution is 7.91. The highest BCUT2D eigenvalue weighted by atomic mass is 32.2. The number of ether oxygens (including phenoxy) is 1. The average Bonchev–Trinajstić information content (AvgIpc) is 2.30. The third-order valence-electron chi connectivity index (χ3n) is 2.36. The summed E-state index contributed by atoms with van der Waals surface area (Å²) in [5, 5.41) is 3.07. The third-order valence-corrected chi connectivity index (χ3v) is 4.22. The first-order chi connectivity index (χ1) is 8.94. The van der Waals surface area contributed by atoms with Crippen LogP contribution in [0, 0.1) is 0 Å². The molecule has 0 saturated heterocycles. The Hall–Kier alpha value is -1.30. The minimum absolute atomic E-state index is 0.0271. The van der Waals surface area contributed by atoms with Gasteiger partial charge in [-0.3, -0.25) is 0 Å². The molecular formula is C13H22N2O3S. The van der Waals surface area contributed by atoms with Gasteiger partial charge >= 0.3 is 0 Å². The first-order valence-corrected chi connectivity index (χ1v) is 8.32. The van der Waals surface area contributed by atoms with E-state index in [-0.39, 0.29) is 17.6 Å². The minimum atomic E-state index is -2.96. The zero-order chi connectivity index (χ0) is 14.3. The zero-order valence-electron chi connectivity index (χ0n) is 11.7. The van der Waals surface area contributed by atoms with Crippen molar-refractivity contribution < 1.29 is 13.2 Å². The highest BCUT2D eigenvalue weighted by Gasteiger charge is 2.10. The lowest BCUT2D eigenvalue weighted by atomic mass is 10.4. The van der Waals surface area contributed by atoms with Gasteiger partial charge in [-0.25, -0.2) is 13.4 Å². The van der Waals surface area contributed by atoms with Gasteiger partial charge in [-0.15, -0.1) is 0 Å². The van der Waals surface area contributed by atoms with Crippen LogP contribution in [-0.2, 0) is 9.84 Å². The second kappa shape index (κ2) is 7.33. The van der Waals surface area contributed by atoms with Crippen molar-refractivity contribution in [2.75, 3.05) is 23.4 Å². The van der Waals surface area contributed by atoms with Crippen LogP contribution in [-0.4, -0.2) is 37.6 Å². The monoisotopic (exact) mass is 286 g/mol. The van der Waals surface area contributed by atoms with Gasteiger partial charge in [0.25, 0.3) is 0 Å². The lowest BCUT2D eigenvalue weighted by molar-refractivity contribution is 0.234. The van der Waals surface area contributed by atoms with Crippen LogP contribution in [0.2, 0.25) is 0 Å². The number of hydrogen-bond acceptors (Lipinski definition) is 5. The number of pyridine rings is 1. The van der Waals surface area contributed by atoms with Gasteiger partial charge in [0.15, 0.2) is 9.84 Å². The molecule has 0 saturated carbocycles. The number of nitrogens with zero attached hydrogens (tertiary/aromatic N) is 1. The molecule has 0 bridgehead atoms. The molecule has 1 N–H and O–H groups in total. The van der Waals surface area contributed by atoms with Crippen LogP contribution in [0.25, 0.3) is 0 Å². The van der Waals surface area contributed by atoms with E-state index in [1.165, 1.54) is 0 Å². The van der Waals surface area contributed by atoms with Crippen molar-refractivity contribution in [2.24, 2.45) is 0 Å². The van der Waals surface area contributed by atoms with Gasteiger partial charge in [0.2, 0.25) is 5.88 Å². The first kappa shape index (κ1) is 15.8. The normalized spacial score (nSPS) is 11.6. The van der Waals surface area contributed by atoms with Crippen LogP contribution < -0.4 is 10.1 Å². The van der Waals surface area contributed by atoms with Crippen molar-refractivity contribution in [3.05, 3.63) is 18.3 Å². The maximum atomic E-state index is 11.6. The summed E-state index contributed by atoms with van der Waals surface area (Å²) in [5.41, 5.74) is 0.725. The molecule has 5 nitrogen and oxygen atoms in total. The Bertz CT molecular complexity index is 486. The van der Waals surface area contributed by atoms with Crippen molar-refractivity contribution in [1.82, 2.24) is 4.98 Å². The summed E-state index contributed by atoms with van der Waals surface area (Å²) in [6.45, 7) is 6.07. The maximum Gasteiger partial charge on any atom is 0.237 e. The summed E-state index contributed by atoms with van der Waals surface area (Å²) in [4.78, 5) is 4.14. The number of sulfone groups is 1. The van der Waals surface area contributed by atoms with Crippen molar-refractivity contribution in [3.63, 3.8) is 0 Å². The van der Waals surface area contributed by atoms with Gasteiger partial charge < -0.3 is 10.1 Å². The van der Waals surface area contributed by atoms with E-state index in [0.29, 0.717) is 18.8 Å². The van der Waals surface area contributed by atoms with Crippen molar-refractivity contribution >= 4 is 15.5 Å². The van der Waals surface area contributed by atoms with Crippen LogP contribution in [0.4, 0.5) is 5.69 Å². The summed E-state index contributed by atoms with van der Waals surface area (Å²) in [7, 11) is -2.96. The largest absolute Gasteiger partial charge is 0.473 e. The second-order valence-corrected chi connectivity index (χ2v) is 6.90. The van der Waals surface area contributed by atoms with Crippen molar-refractivity contribution in [2.45, 2.75) is 33.3 Å². The average molecular weight is 286 g/mol. The molecule has 19 heavy (non-hydrogen) atoms.